The monoisotopic (exact) mass is 285 g/mol. The number of carbonyl (C=O) groups is 1. The third kappa shape index (κ3) is 2.06. The molecular formula is C16H12ClNO2. The molecule has 1 aromatic heterocycles. The molecule has 1 heterocycles. The van der Waals surface area contributed by atoms with Crippen LogP contribution in [0.25, 0.3) is 22.0 Å². The molecule has 0 radical (unpaired) electrons. The van der Waals surface area contributed by atoms with Crippen molar-refractivity contribution in [2.24, 2.45) is 0 Å². The van der Waals surface area contributed by atoms with E-state index in [1.54, 1.807) is 13.3 Å². The Kier molecular flexibility index (Phi) is 3.20. The van der Waals surface area contributed by atoms with Crippen LogP contribution in [0.1, 0.15) is 10.4 Å². The van der Waals surface area contributed by atoms with Gasteiger partial charge in [-0.3, -0.25) is 4.79 Å². The Bertz CT molecular complexity index is 792. The van der Waals surface area contributed by atoms with Crippen LogP contribution in [-0.2, 0) is 0 Å². The zero-order chi connectivity index (χ0) is 14.1. The number of nitrogens with one attached hydrogen (secondary N) is 1. The first kappa shape index (κ1) is 12.8. The fourth-order valence-corrected chi connectivity index (χ4v) is 2.55. The summed E-state index contributed by atoms with van der Waals surface area (Å²) >= 11 is 6.34. The lowest BCUT2D eigenvalue weighted by atomic mass is 10.0. The van der Waals surface area contributed by atoms with E-state index in [-0.39, 0.29) is 0 Å². The number of aldehydes is 1. The minimum absolute atomic E-state index is 0.626. The number of halogens is 1. The smallest absolute Gasteiger partial charge is 0.152 e. The van der Waals surface area contributed by atoms with Crippen LogP contribution >= 0.6 is 11.6 Å². The number of H-pyrrole nitrogens is 1. The van der Waals surface area contributed by atoms with Gasteiger partial charge in [0.05, 0.1) is 12.1 Å². The molecule has 0 aliphatic rings. The van der Waals surface area contributed by atoms with Gasteiger partial charge in [0.15, 0.2) is 6.29 Å². The molecule has 3 aromatic rings. The fraction of sp³-hybridized carbons (Fsp3) is 0.0625. The van der Waals surface area contributed by atoms with Crippen LogP contribution in [-0.4, -0.2) is 18.4 Å². The first-order valence-corrected chi connectivity index (χ1v) is 6.51. The van der Waals surface area contributed by atoms with E-state index in [9.17, 15) is 4.79 Å². The summed E-state index contributed by atoms with van der Waals surface area (Å²) in [5, 5.41) is 1.49. The number of aromatic amines is 1. The van der Waals surface area contributed by atoms with Crippen molar-refractivity contribution in [1.82, 2.24) is 4.98 Å². The average molecular weight is 286 g/mol. The molecule has 100 valence electrons. The topological polar surface area (TPSA) is 42.1 Å². The van der Waals surface area contributed by atoms with Gasteiger partial charge in [0.1, 0.15) is 5.75 Å². The second-order valence-corrected chi connectivity index (χ2v) is 4.88. The van der Waals surface area contributed by atoms with Gasteiger partial charge in [-0.25, -0.2) is 0 Å². The quantitative estimate of drug-likeness (QED) is 0.729. The number of ether oxygens (including phenoxy) is 1. The highest BCUT2D eigenvalue weighted by molar-refractivity contribution is 6.34. The number of aromatic nitrogens is 1. The number of methoxy groups -OCH3 is 1. The Labute approximate surface area is 121 Å². The van der Waals surface area contributed by atoms with E-state index in [4.69, 9.17) is 16.3 Å². The summed E-state index contributed by atoms with van der Waals surface area (Å²) in [7, 11) is 1.63. The summed E-state index contributed by atoms with van der Waals surface area (Å²) in [6, 6.07) is 11.4. The molecular weight excluding hydrogens is 274 g/mol. The normalized spacial score (nSPS) is 10.7. The molecule has 0 aliphatic heterocycles. The molecule has 0 bridgehead atoms. The van der Waals surface area contributed by atoms with Crippen LogP contribution in [0, 0.1) is 0 Å². The van der Waals surface area contributed by atoms with Crippen molar-refractivity contribution in [3.05, 3.63) is 53.2 Å². The standard InChI is InChI=1S/C16H12ClNO2/c1-20-12-4-2-3-10(5-12)13-6-14-11(9-19)8-18-16(14)7-15(13)17/h2-9,18H,1H3. The Balaban J connectivity index is 2.23. The van der Waals surface area contributed by atoms with Gasteiger partial charge in [-0.2, -0.15) is 0 Å². The van der Waals surface area contributed by atoms with Crippen LogP contribution in [0.5, 0.6) is 5.75 Å². The molecule has 0 fully saturated rings. The highest BCUT2D eigenvalue weighted by atomic mass is 35.5. The summed E-state index contributed by atoms with van der Waals surface area (Å²) in [5.74, 6) is 0.767. The third-order valence-electron chi connectivity index (χ3n) is 3.31. The number of fused-ring (bicyclic) bond motifs is 1. The molecule has 0 saturated carbocycles. The first-order chi connectivity index (χ1) is 9.72. The van der Waals surface area contributed by atoms with Crippen molar-refractivity contribution in [2.75, 3.05) is 7.11 Å². The maximum atomic E-state index is 11.0. The van der Waals surface area contributed by atoms with E-state index in [1.807, 2.05) is 36.4 Å². The van der Waals surface area contributed by atoms with E-state index < -0.39 is 0 Å². The molecule has 0 atom stereocenters. The summed E-state index contributed by atoms with van der Waals surface area (Å²) < 4.78 is 5.23. The van der Waals surface area contributed by atoms with Crippen LogP contribution in [0.15, 0.2) is 42.6 Å². The van der Waals surface area contributed by atoms with Crippen LogP contribution < -0.4 is 4.74 Å². The molecule has 0 saturated heterocycles. The van der Waals surface area contributed by atoms with Gasteiger partial charge in [0.2, 0.25) is 0 Å². The van der Waals surface area contributed by atoms with E-state index in [0.29, 0.717) is 10.6 Å². The fourth-order valence-electron chi connectivity index (χ4n) is 2.27. The average Bonchev–Trinajstić information content (AvgIpc) is 2.88. The lowest BCUT2D eigenvalue weighted by Gasteiger charge is -2.07. The maximum Gasteiger partial charge on any atom is 0.152 e. The molecule has 1 N–H and O–H groups in total. The number of benzene rings is 2. The summed E-state index contributed by atoms with van der Waals surface area (Å²) in [5.41, 5.74) is 3.31. The molecule has 0 aliphatic carbocycles. The molecule has 0 spiro atoms. The minimum Gasteiger partial charge on any atom is -0.497 e. The van der Waals surface area contributed by atoms with Gasteiger partial charge < -0.3 is 9.72 Å². The number of hydrogen-bond acceptors (Lipinski definition) is 2. The van der Waals surface area contributed by atoms with Gasteiger partial charge >= 0.3 is 0 Å². The highest BCUT2D eigenvalue weighted by Gasteiger charge is 2.10. The van der Waals surface area contributed by atoms with Crippen molar-refractivity contribution < 1.29 is 9.53 Å². The third-order valence-corrected chi connectivity index (χ3v) is 3.62. The van der Waals surface area contributed by atoms with Crippen LogP contribution in [0.2, 0.25) is 5.02 Å². The van der Waals surface area contributed by atoms with E-state index >= 15 is 0 Å². The molecule has 4 heteroatoms. The number of carbonyl (C=O) groups excluding carboxylic acids is 1. The lowest BCUT2D eigenvalue weighted by molar-refractivity contribution is 0.112. The largest absolute Gasteiger partial charge is 0.497 e. The minimum atomic E-state index is 0.626. The predicted octanol–water partition coefficient (Wildman–Crippen LogP) is 4.31. The van der Waals surface area contributed by atoms with Crippen LogP contribution in [0.3, 0.4) is 0 Å². The maximum absolute atomic E-state index is 11.0. The Morgan fingerprint density at radius 1 is 1.25 bits per heavy atom. The Hall–Kier alpha value is -2.26. The van der Waals surface area contributed by atoms with Crippen molar-refractivity contribution in [3.63, 3.8) is 0 Å². The zero-order valence-corrected chi connectivity index (χ0v) is 11.6. The summed E-state index contributed by atoms with van der Waals surface area (Å²) in [4.78, 5) is 14.1. The van der Waals surface area contributed by atoms with Crippen molar-refractivity contribution in [2.45, 2.75) is 0 Å². The Morgan fingerprint density at radius 3 is 2.85 bits per heavy atom. The molecule has 3 rings (SSSR count). The lowest BCUT2D eigenvalue weighted by Crippen LogP contribution is -1.85. The van der Waals surface area contributed by atoms with Crippen LogP contribution in [0.4, 0.5) is 0 Å². The second kappa shape index (κ2) is 5.02. The number of rotatable bonds is 3. The highest BCUT2D eigenvalue weighted by Crippen LogP contribution is 2.34. The van der Waals surface area contributed by atoms with Gasteiger partial charge in [0.25, 0.3) is 0 Å². The first-order valence-electron chi connectivity index (χ1n) is 6.13. The zero-order valence-electron chi connectivity index (χ0n) is 10.8. The van der Waals surface area contributed by atoms with Crippen molar-refractivity contribution in [3.8, 4) is 16.9 Å². The molecule has 0 unspecified atom stereocenters. The predicted molar refractivity (Wildman–Crippen MR) is 80.7 cm³/mol. The van der Waals surface area contributed by atoms with Crippen molar-refractivity contribution >= 4 is 28.8 Å². The van der Waals surface area contributed by atoms with Gasteiger partial charge in [-0.1, -0.05) is 23.7 Å². The van der Waals surface area contributed by atoms with Gasteiger partial charge in [-0.15, -0.1) is 0 Å². The van der Waals surface area contributed by atoms with E-state index in [2.05, 4.69) is 4.98 Å². The van der Waals surface area contributed by atoms with Gasteiger partial charge in [0, 0.05) is 28.2 Å². The van der Waals surface area contributed by atoms with E-state index in [0.717, 1.165) is 34.1 Å². The molecule has 0 amide bonds. The molecule has 3 nitrogen and oxygen atoms in total. The SMILES string of the molecule is COc1cccc(-c2cc3c(C=O)c[nH]c3cc2Cl)c1. The Morgan fingerprint density at radius 2 is 2.10 bits per heavy atom. The number of hydrogen-bond donors (Lipinski definition) is 1. The summed E-state index contributed by atoms with van der Waals surface area (Å²) in [6.07, 6.45) is 2.52. The summed E-state index contributed by atoms with van der Waals surface area (Å²) in [6.45, 7) is 0. The van der Waals surface area contributed by atoms with Crippen molar-refractivity contribution in [1.29, 1.82) is 0 Å². The molecule has 20 heavy (non-hydrogen) atoms. The molecule has 2 aromatic carbocycles. The van der Waals surface area contributed by atoms with E-state index in [1.165, 1.54) is 0 Å². The second-order valence-electron chi connectivity index (χ2n) is 4.47. The van der Waals surface area contributed by atoms with Gasteiger partial charge in [-0.05, 0) is 29.8 Å².